The van der Waals surface area contributed by atoms with Gasteiger partial charge in [0.1, 0.15) is 0 Å². The van der Waals surface area contributed by atoms with Gasteiger partial charge in [-0.25, -0.2) is 0 Å². The lowest BCUT2D eigenvalue weighted by atomic mass is 9.94. The summed E-state index contributed by atoms with van der Waals surface area (Å²) in [6.07, 6.45) is 1.25. The van der Waals surface area contributed by atoms with Crippen LogP contribution < -0.4 is 5.32 Å². The predicted molar refractivity (Wildman–Crippen MR) is 118 cm³/mol. The standard InChI is InChI=1S/C24H31N3O3/c1-4-26(16-22(28)25-17(2)3)23(29)19-12-14-27(15-13-19)24(30)21-11-7-9-18-8-5-6-10-20(18)21/h5-11,17,19H,4,12-16H2,1-3H3,(H,25,28). The molecule has 160 valence electrons. The van der Waals surface area contributed by atoms with Crippen LogP contribution in [0.1, 0.15) is 44.0 Å². The van der Waals surface area contributed by atoms with E-state index < -0.39 is 0 Å². The maximum atomic E-state index is 13.1. The van der Waals surface area contributed by atoms with Crippen molar-refractivity contribution in [2.24, 2.45) is 5.92 Å². The van der Waals surface area contributed by atoms with Gasteiger partial charge in [-0.1, -0.05) is 36.4 Å². The van der Waals surface area contributed by atoms with E-state index in [-0.39, 0.29) is 36.2 Å². The summed E-state index contributed by atoms with van der Waals surface area (Å²) in [5.74, 6) is -0.257. The third kappa shape index (κ3) is 4.99. The second kappa shape index (κ2) is 9.74. The van der Waals surface area contributed by atoms with E-state index in [0.29, 0.717) is 38.0 Å². The Labute approximate surface area is 178 Å². The number of benzene rings is 2. The van der Waals surface area contributed by atoms with E-state index in [1.165, 1.54) is 0 Å². The lowest BCUT2D eigenvalue weighted by Gasteiger charge is -2.34. The minimum atomic E-state index is -0.145. The number of hydrogen-bond acceptors (Lipinski definition) is 3. The van der Waals surface area contributed by atoms with E-state index in [4.69, 9.17) is 0 Å². The molecule has 0 aliphatic carbocycles. The van der Waals surface area contributed by atoms with E-state index in [9.17, 15) is 14.4 Å². The number of nitrogens with one attached hydrogen (secondary N) is 1. The number of carbonyl (C=O) groups is 3. The highest BCUT2D eigenvalue weighted by atomic mass is 16.2. The maximum absolute atomic E-state index is 13.1. The predicted octanol–water partition coefficient (Wildman–Crippen LogP) is 3.07. The Balaban J connectivity index is 1.61. The van der Waals surface area contributed by atoms with Crippen molar-refractivity contribution in [1.82, 2.24) is 15.1 Å². The van der Waals surface area contributed by atoms with Crippen molar-refractivity contribution in [2.75, 3.05) is 26.2 Å². The van der Waals surface area contributed by atoms with Crippen molar-refractivity contribution in [3.05, 3.63) is 48.0 Å². The third-order valence-electron chi connectivity index (χ3n) is 5.63. The molecule has 0 atom stereocenters. The van der Waals surface area contributed by atoms with Gasteiger partial charge in [0.15, 0.2) is 0 Å². The normalized spacial score (nSPS) is 14.7. The summed E-state index contributed by atoms with van der Waals surface area (Å²) in [6.45, 7) is 7.38. The van der Waals surface area contributed by atoms with E-state index in [1.807, 2.05) is 68.1 Å². The molecule has 2 aromatic rings. The maximum Gasteiger partial charge on any atom is 0.254 e. The van der Waals surface area contributed by atoms with Gasteiger partial charge in [-0.15, -0.1) is 0 Å². The Bertz CT molecular complexity index is 912. The molecule has 2 aromatic carbocycles. The van der Waals surface area contributed by atoms with Crippen LogP contribution in [-0.4, -0.2) is 59.7 Å². The Morgan fingerprint density at radius 1 is 1.07 bits per heavy atom. The van der Waals surface area contributed by atoms with Gasteiger partial charge in [0.2, 0.25) is 11.8 Å². The third-order valence-corrected chi connectivity index (χ3v) is 5.63. The first-order valence-electron chi connectivity index (χ1n) is 10.8. The fourth-order valence-electron chi connectivity index (χ4n) is 4.06. The quantitative estimate of drug-likeness (QED) is 0.797. The Hall–Kier alpha value is -2.89. The fourth-order valence-corrected chi connectivity index (χ4v) is 4.06. The van der Waals surface area contributed by atoms with Gasteiger partial charge in [0.25, 0.3) is 5.91 Å². The average molecular weight is 410 g/mol. The molecule has 1 N–H and O–H groups in total. The Morgan fingerprint density at radius 2 is 1.73 bits per heavy atom. The van der Waals surface area contributed by atoms with Crippen molar-refractivity contribution in [3.8, 4) is 0 Å². The number of amides is 3. The minimum Gasteiger partial charge on any atom is -0.352 e. The van der Waals surface area contributed by atoms with Gasteiger partial charge in [-0.3, -0.25) is 14.4 Å². The van der Waals surface area contributed by atoms with Gasteiger partial charge in [0, 0.05) is 37.2 Å². The molecule has 1 aliphatic rings. The molecule has 0 bridgehead atoms. The second-order valence-corrected chi connectivity index (χ2v) is 8.17. The van der Waals surface area contributed by atoms with Crippen molar-refractivity contribution >= 4 is 28.5 Å². The van der Waals surface area contributed by atoms with Crippen molar-refractivity contribution < 1.29 is 14.4 Å². The highest BCUT2D eigenvalue weighted by Crippen LogP contribution is 2.24. The summed E-state index contributed by atoms with van der Waals surface area (Å²) < 4.78 is 0. The largest absolute Gasteiger partial charge is 0.352 e. The monoisotopic (exact) mass is 409 g/mol. The lowest BCUT2D eigenvalue weighted by Crippen LogP contribution is -2.47. The second-order valence-electron chi connectivity index (χ2n) is 8.17. The van der Waals surface area contributed by atoms with Crippen LogP contribution in [-0.2, 0) is 9.59 Å². The van der Waals surface area contributed by atoms with Gasteiger partial charge in [-0.05, 0) is 50.5 Å². The van der Waals surface area contributed by atoms with E-state index >= 15 is 0 Å². The zero-order valence-electron chi connectivity index (χ0n) is 18.1. The number of fused-ring (bicyclic) bond motifs is 1. The molecule has 1 fully saturated rings. The number of nitrogens with zero attached hydrogens (tertiary/aromatic N) is 2. The highest BCUT2D eigenvalue weighted by Gasteiger charge is 2.31. The first-order valence-corrected chi connectivity index (χ1v) is 10.8. The zero-order valence-corrected chi connectivity index (χ0v) is 18.1. The number of likely N-dealkylation sites (N-methyl/N-ethyl adjacent to an activating group) is 1. The molecule has 0 radical (unpaired) electrons. The molecular formula is C24H31N3O3. The molecule has 1 aliphatic heterocycles. The van der Waals surface area contributed by atoms with Crippen LogP contribution >= 0.6 is 0 Å². The van der Waals surface area contributed by atoms with Crippen LogP contribution in [0.5, 0.6) is 0 Å². The van der Waals surface area contributed by atoms with Crippen LogP contribution in [0, 0.1) is 5.92 Å². The zero-order chi connectivity index (χ0) is 21.7. The van der Waals surface area contributed by atoms with Crippen LogP contribution in [0.4, 0.5) is 0 Å². The number of piperidine rings is 1. The molecule has 3 amide bonds. The topological polar surface area (TPSA) is 69.7 Å². The molecule has 30 heavy (non-hydrogen) atoms. The van der Waals surface area contributed by atoms with Gasteiger partial charge < -0.3 is 15.1 Å². The van der Waals surface area contributed by atoms with Crippen LogP contribution in [0.25, 0.3) is 10.8 Å². The van der Waals surface area contributed by atoms with Crippen molar-refractivity contribution in [1.29, 1.82) is 0 Å². The van der Waals surface area contributed by atoms with E-state index in [2.05, 4.69) is 5.32 Å². The summed E-state index contributed by atoms with van der Waals surface area (Å²) in [6, 6.07) is 13.7. The first-order chi connectivity index (χ1) is 14.4. The summed E-state index contributed by atoms with van der Waals surface area (Å²) in [5, 5.41) is 4.84. The Kier molecular flexibility index (Phi) is 7.08. The Morgan fingerprint density at radius 3 is 2.40 bits per heavy atom. The summed E-state index contributed by atoms with van der Waals surface area (Å²) in [5.41, 5.74) is 0.707. The molecule has 6 nitrogen and oxygen atoms in total. The molecule has 0 saturated carbocycles. The SMILES string of the molecule is CCN(CC(=O)NC(C)C)C(=O)C1CCN(C(=O)c2cccc3ccccc23)CC1. The summed E-state index contributed by atoms with van der Waals surface area (Å²) in [7, 11) is 0. The summed E-state index contributed by atoms with van der Waals surface area (Å²) >= 11 is 0. The van der Waals surface area contributed by atoms with E-state index in [1.54, 1.807) is 4.90 Å². The first kappa shape index (κ1) is 21.8. The number of likely N-dealkylation sites (tertiary alicyclic amines) is 1. The molecule has 0 aromatic heterocycles. The molecular weight excluding hydrogens is 378 g/mol. The van der Waals surface area contributed by atoms with Crippen LogP contribution in [0.2, 0.25) is 0 Å². The van der Waals surface area contributed by atoms with Crippen molar-refractivity contribution in [3.63, 3.8) is 0 Å². The molecule has 6 heteroatoms. The average Bonchev–Trinajstić information content (AvgIpc) is 2.75. The molecule has 3 rings (SSSR count). The lowest BCUT2D eigenvalue weighted by molar-refractivity contribution is -0.140. The van der Waals surface area contributed by atoms with Crippen LogP contribution in [0.3, 0.4) is 0 Å². The number of hydrogen-bond donors (Lipinski definition) is 1. The molecule has 1 saturated heterocycles. The van der Waals surface area contributed by atoms with Gasteiger partial charge >= 0.3 is 0 Å². The van der Waals surface area contributed by atoms with Gasteiger partial charge in [0.05, 0.1) is 6.54 Å². The molecule has 1 heterocycles. The summed E-state index contributed by atoms with van der Waals surface area (Å²) in [4.78, 5) is 41.5. The number of rotatable bonds is 6. The molecule has 0 spiro atoms. The van der Waals surface area contributed by atoms with Crippen molar-refractivity contribution in [2.45, 2.75) is 39.7 Å². The smallest absolute Gasteiger partial charge is 0.254 e. The molecule has 0 unspecified atom stereocenters. The van der Waals surface area contributed by atoms with E-state index in [0.717, 1.165) is 10.8 Å². The number of carbonyl (C=O) groups excluding carboxylic acids is 3. The fraction of sp³-hybridized carbons (Fsp3) is 0.458. The van der Waals surface area contributed by atoms with Gasteiger partial charge in [-0.2, -0.15) is 0 Å². The highest BCUT2D eigenvalue weighted by molar-refractivity contribution is 6.07. The van der Waals surface area contributed by atoms with Crippen LogP contribution in [0.15, 0.2) is 42.5 Å². The minimum absolute atomic E-state index is 0.00802.